The van der Waals surface area contributed by atoms with Gasteiger partial charge in [0.2, 0.25) is 0 Å². The average Bonchev–Trinajstić information content (AvgIpc) is 2.93. The average molecular weight is 505 g/mol. The van der Waals surface area contributed by atoms with Gasteiger partial charge in [-0.05, 0) is 46.5 Å². The van der Waals surface area contributed by atoms with E-state index in [0.29, 0.717) is 0 Å². The maximum atomic E-state index is 3.64. The first-order valence-electron chi connectivity index (χ1n) is 13.5. The van der Waals surface area contributed by atoms with Gasteiger partial charge in [-0.3, -0.25) is 0 Å². The summed E-state index contributed by atoms with van der Waals surface area (Å²) in [6.45, 7) is 13.1. The standard InChI is InChI=1S/C39H36/c1-38(2,3)36(27-21-30-17-23-34(24-18-30)32-13-9-7-10-14-32)29-37(39(4,5)6)28-22-31-19-25-35(26-20-31)33-15-11-8-12-16-33/h7-20,23-26H,1-6H3. The van der Waals surface area contributed by atoms with Crippen molar-refractivity contribution in [2.24, 2.45) is 10.8 Å². The van der Waals surface area contributed by atoms with Crippen molar-refractivity contribution >= 4 is 0 Å². The minimum absolute atomic E-state index is 0.160. The first-order chi connectivity index (χ1) is 18.6. The van der Waals surface area contributed by atoms with Crippen LogP contribution in [0.1, 0.15) is 52.7 Å². The van der Waals surface area contributed by atoms with E-state index in [-0.39, 0.29) is 10.8 Å². The van der Waals surface area contributed by atoms with Crippen molar-refractivity contribution in [2.75, 3.05) is 0 Å². The van der Waals surface area contributed by atoms with Crippen molar-refractivity contribution in [3.63, 3.8) is 0 Å². The normalized spacial score (nSPS) is 10.8. The third-order valence-electron chi connectivity index (χ3n) is 6.40. The zero-order chi connectivity index (χ0) is 27.9. The fourth-order valence-corrected chi connectivity index (χ4v) is 3.96. The first-order valence-corrected chi connectivity index (χ1v) is 13.5. The molecule has 0 N–H and O–H groups in total. The molecule has 4 aromatic rings. The lowest BCUT2D eigenvalue weighted by molar-refractivity contribution is 0.509. The monoisotopic (exact) mass is 504 g/mol. The molecular formula is C39H36. The second kappa shape index (κ2) is 11.9. The molecule has 192 valence electrons. The highest BCUT2D eigenvalue weighted by molar-refractivity contribution is 5.65. The van der Waals surface area contributed by atoms with Crippen LogP contribution in [0.25, 0.3) is 22.3 Å². The van der Waals surface area contributed by atoms with Crippen molar-refractivity contribution in [2.45, 2.75) is 41.5 Å². The van der Waals surface area contributed by atoms with Crippen LogP contribution in [0.5, 0.6) is 0 Å². The van der Waals surface area contributed by atoms with Gasteiger partial charge in [0.1, 0.15) is 0 Å². The minimum Gasteiger partial charge on any atom is -0.0945 e. The van der Waals surface area contributed by atoms with Gasteiger partial charge in [0.25, 0.3) is 0 Å². The largest absolute Gasteiger partial charge is 0.0945 e. The van der Waals surface area contributed by atoms with Gasteiger partial charge in [0.05, 0.1) is 11.1 Å². The molecule has 0 aliphatic heterocycles. The van der Waals surface area contributed by atoms with Crippen LogP contribution in [0, 0.1) is 34.5 Å². The van der Waals surface area contributed by atoms with Gasteiger partial charge >= 0.3 is 0 Å². The number of benzene rings is 4. The number of rotatable bonds is 2. The molecule has 0 atom stereocenters. The summed E-state index contributed by atoms with van der Waals surface area (Å²) >= 11 is 0. The van der Waals surface area contributed by atoms with Gasteiger partial charge in [-0.15, -0.1) is 0 Å². The maximum Gasteiger partial charge on any atom is 0.0505 e. The second-order valence-corrected chi connectivity index (χ2v) is 11.8. The molecule has 0 fully saturated rings. The molecule has 0 aromatic heterocycles. The molecule has 4 rings (SSSR count). The molecular weight excluding hydrogens is 468 g/mol. The highest BCUT2D eigenvalue weighted by Gasteiger charge is 2.19. The van der Waals surface area contributed by atoms with Crippen LogP contribution >= 0.6 is 0 Å². The molecule has 0 heterocycles. The summed E-state index contributed by atoms with van der Waals surface area (Å²) < 4.78 is 0. The van der Waals surface area contributed by atoms with Crippen LogP contribution < -0.4 is 0 Å². The maximum absolute atomic E-state index is 3.64. The molecule has 0 unspecified atom stereocenters. The Morgan fingerprint density at radius 1 is 0.410 bits per heavy atom. The Hall–Kier alpha value is -4.48. The summed E-state index contributed by atoms with van der Waals surface area (Å²) in [4.78, 5) is 0. The Kier molecular flexibility index (Phi) is 8.43. The molecule has 0 radical (unpaired) electrons. The number of hydrogen-bond acceptors (Lipinski definition) is 0. The van der Waals surface area contributed by atoms with Crippen molar-refractivity contribution in [3.05, 3.63) is 137 Å². The Balaban J connectivity index is 1.67. The van der Waals surface area contributed by atoms with Gasteiger partial charge in [-0.1, -0.05) is 156 Å². The number of allylic oxidation sites excluding steroid dienone is 1. The Morgan fingerprint density at radius 3 is 1.03 bits per heavy atom. The zero-order valence-corrected chi connectivity index (χ0v) is 23.9. The summed E-state index contributed by atoms with van der Waals surface area (Å²) in [5.41, 5.74) is 12.0. The van der Waals surface area contributed by atoms with Gasteiger partial charge in [-0.2, -0.15) is 0 Å². The second-order valence-electron chi connectivity index (χ2n) is 11.8. The summed E-state index contributed by atoms with van der Waals surface area (Å²) in [7, 11) is 0. The minimum atomic E-state index is -0.160. The third kappa shape index (κ3) is 7.76. The molecule has 0 spiro atoms. The van der Waals surface area contributed by atoms with E-state index in [2.05, 4.69) is 168 Å². The lowest BCUT2D eigenvalue weighted by Gasteiger charge is -2.20. The molecule has 0 aliphatic rings. The van der Waals surface area contributed by atoms with E-state index in [4.69, 9.17) is 0 Å². The van der Waals surface area contributed by atoms with Crippen LogP contribution in [-0.2, 0) is 0 Å². The Bertz CT molecular complexity index is 1460. The van der Waals surface area contributed by atoms with Crippen LogP contribution in [0.2, 0.25) is 0 Å². The van der Waals surface area contributed by atoms with E-state index in [1.165, 1.54) is 22.3 Å². The highest BCUT2D eigenvalue weighted by atomic mass is 14.2. The molecule has 0 heteroatoms. The molecule has 39 heavy (non-hydrogen) atoms. The van der Waals surface area contributed by atoms with Gasteiger partial charge in [0, 0.05) is 22.0 Å². The summed E-state index contributed by atoms with van der Waals surface area (Å²) in [5, 5.41) is 0. The molecule has 0 bridgehead atoms. The van der Waals surface area contributed by atoms with E-state index in [9.17, 15) is 0 Å². The van der Waals surface area contributed by atoms with E-state index < -0.39 is 0 Å². The van der Waals surface area contributed by atoms with Gasteiger partial charge in [-0.25, -0.2) is 0 Å². The summed E-state index contributed by atoms with van der Waals surface area (Å²) in [5.74, 6) is 13.6. The molecule has 0 saturated carbocycles. The molecule has 0 nitrogen and oxygen atoms in total. The van der Waals surface area contributed by atoms with Gasteiger partial charge < -0.3 is 0 Å². The van der Waals surface area contributed by atoms with Crippen molar-refractivity contribution in [3.8, 4) is 45.9 Å². The predicted octanol–water partition coefficient (Wildman–Crippen LogP) is 9.97. The van der Waals surface area contributed by atoms with E-state index in [0.717, 1.165) is 22.3 Å². The SMILES string of the molecule is CC(C)(C)C(=C=C(C#Cc1ccc(-c2ccccc2)cc1)C(C)(C)C)C#Cc1ccc(-c2ccccc2)cc1. The predicted molar refractivity (Wildman–Crippen MR) is 167 cm³/mol. The van der Waals surface area contributed by atoms with Crippen LogP contribution in [0.4, 0.5) is 0 Å². The Labute approximate surface area is 235 Å². The van der Waals surface area contributed by atoms with Crippen LogP contribution in [-0.4, -0.2) is 0 Å². The van der Waals surface area contributed by atoms with Crippen LogP contribution in [0.15, 0.2) is 126 Å². The smallest absolute Gasteiger partial charge is 0.0505 e. The molecule has 0 aliphatic carbocycles. The number of hydrogen-bond donors (Lipinski definition) is 0. The first kappa shape index (κ1) is 27.6. The molecule has 0 saturated heterocycles. The van der Waals surface area contributed by atoms with E-state index >= 15 is 0 Å². The van der Waals surface area contributed by atoms with E-state index in [1.807, 2.05) is 12.1 Å². The zero-order valence-electron chi connectivity index (χ0n) is 23.9. The van der Waals surface area contributed by atoms with Gasteiger partial charge in [0.15, 0.2) is 0 Å². The molecule has 0 amide bonds. The van der Waals surface area contributed by atoms with Crippen LogP contribution in [0.3, 0.4) is 0 Å². The van der Waals surface area contributed by atoms with Crippen molar-refractivity contribution in [1.82, 2.24) is 0 Å². The Morgan fingerprint density at radius 2 is 0.718 bits per heavy atom. The van der Waals surface area contributed by atoms with Crippen molar-refractivity contribution < 1.29 is 0 Å². The fraction of sp³-hybridized carbons (Fsp3) is 0.205. The lowest BCUT2D eigenvalue weighted by atomic mass is 9.82. The lowest BCUT2D eigenvalue weighted by Crippen LogP contribution is -2.11. The van der Waals surface area contributed by atoms with E-state index in [1.54, 1.807) is 0 Å². The molecule has 4 aromatic carbocycles. The summed E-state index contributed by atoms with van der Waals surface area (Å²) in [6, 6.07) is 37.7. The highest BCUT2D eigenvalue weighted by Crippen LogP contribution is 2.29. The quantitative estimate of drug-likeness (QED) is 0.188. The fourth-order valence-electron chi connectivity index (χ4n) is 3.96. The van der Waals surface area contributed by atoms with Crippen molar-refractivity contribution in [1.29, 1.82) is 0 Å². The summed E-state index contributed by atoms with van der Waals surface area (Å²) in [6.07, 6.45) is 0. The third-order valence-corrected chi connectivity index (χ3v) is 6.40. The topological polar surface area (TPSA) is 0 Å².